The molecule has 0 bridgehead atoms. The fourth-order valence-electron chi connectivity index (χ4n) is 1.24. The minimum Gasteiger partial charge on any atom is -0.329 e. The molecule has 0 radical (unpaired) electrons. The van der Waals surface area contributed by atoms with Gasteiger partial charge in [0.15, 0.2) is 0 Å². The molecule has 4 nitrogen and oxygen atoms in total. The Balaban J connectivity index is 4.29. The zero-order valence-electron chi connectivity index (χ0n) is 9.20. The molecule has 0 aliphatic rings. The number of unbranched alkanes of at least 4 members (excludes halogenated alkanes) is 1. The second-order valence-electron chi connectivity index (χ2n) is 3.36. The molecule has 86 valence electrons. The third-order valence-corrected chi connectivity index (χ3v) is 3.96. The Morgan fingerprint density at radius 1 is 1.14 bits per heavy atom. The van der Waals surface area contributed by atoms with E-state index >= 15 is 0 Å². The van der Waals surface area contributed by atoms with E-state index in [1.807, 2.05) is 13.8 Å². The van der Waals surface area contributed by atoms with E-state index in [0.29, 0.717) is 19.6 Å². The van der Waals surface area contributed by atoms with Gasteiger partial charge in [-0.25, -0.2) is 12.7 Å². The molecule has 0 amide bonds. The molecule has 0 spiro atoms. The van der Waals surface area contributed by atoms with Gasteiger partial charge in [0, 0.05) is 19.6 Å². The average Bonchev–Trinajstić information content (AvgIpc) is 2.14. The number of nitrogens with two attached hydrogens (primary N) is 1. The summed E-state index contributed by atoms with van der Waals surface area (Å²) in [5.41, 5.74) is 5.38. The first kappa shape index (κ1) is 13.9. The Labute approximate surface area is 87.5 Å². The van der Waals surface area contributed by atoms with Crippen LogP contribution >= 0.6 is 0 Å². The van der Waals surface area contributed by atoms with Crippen molar-refractivity contribution in [3.63, 3.8) is 0 Å². The van der Waals surface area contributed by atoms with Crippen LogP contribution in [0.3, 0.4) is 0 Å². The van der Waals surface area contributed by atoms with Gasteiger partial charge < -0.3 is 5.73 Å². The summed E-state index contributed by atoms with van der Waals surface area (Å²) in [6.45, 7) is 5.38. The molecule has 14 heavy (non-hydrogen) atoms. The molecule has 0 saturated heterocycles. The molecule has 0 atom stereocenters. The maximum absolute atomic E-state index is 11.7. The predicted molar refractivity (Wildman–Crippen MR) is 59.6 cm³/mol. The van der Waals surface area contributed by atoms with Crippen LogP contribution in [-0.2, 0) is 10.0 Å². The van der Waals surface area contributed by atoms with E-state index in [4.69, 9.17) is 5.73 Å². The second kappa shape index (κ2) is 7.20. The Hall–Kier alpha value is -0.130. The normalized spacial score (nSPS) is 12.3. The lowest BCUT2D eigenvalue weighted by molar-refractivity contribution is 0.417. The monoisotopic (exact) mass is 222 g/mol. The zero-order valence-corrected chi connectivity index (χ0v) is 10.0. The molecule has 5 heteroatoms. The minimum absolute atomic E-state index is 0.253. The van der Waals surface area contributed by atoms with Crippen molar-refractivity contribution < 1.29 is 8.42 Å². The lowest BCUT2D eigenvalue weighted by atomic mass is 10.4. The summed E-state index contributed by atoms with van der Waals surface area (Å²) in [6.07, 6.45) is 2.47. The third kappa shape index (κ3) is 4.93. The van der Waals surface area contributed by atoms with Gasteiger partial charge in [-0.3, -0.25) is 0 Å². The molecule has 0 aliphatic carbocycles. The van der Waals surface area contributed by atoms with Gasteiger partial charge in [-0.2, -0.15) is 0 Å². The average molecular weight is 222 g/mol. The molecule has 0 heterocycles. The van der Waals surface area contributed by atoms with Crippen LogP contribution in [0.2, 0.25) is 0 Å². The summed E-state index contributed by atoms with van der Waals surface area (Å²) in [6, 6.07) is 0. The van der Waals surface area contributed by atoms with Gasteiger partial charge in [-0.1, -0.05) is 20.3 Å². The topological polar surface area (TPSA) is 63.4 Å². The Morgan fingerprint density at radius 2 is 1.79 bits per heavy atom. The highest BCUT2D eigenvalue weighted by Gasteiger charge is 2.19. The fourth-order valence-corrected chi connectivity index (χ4v) is 3.00. The summed E-state index contributed by atoms with van der Waals surface area (Å²) in [5.74, 6) is 0.253. The van der Waals surface area contributed by atoms with Gasteiger partial charge in [0.05, 0.1) is 5.75 Å². The molecular weight excluding hydrogens is 200 g/mol. The summed E-state index contributed by atoms with van der Waals surface area (Å²) in [4.78, 5) is 0. The zero-order chi connectivity index (χ0) is 11.0. The highest BCUT2D eigenvalue weighted by atomic mass is 32.2. The van der Waals surface area contributed by atoms with E-state index in [9.17, 15) is 8.42 Å². The lowest BCUT2D eigenvalue weighted by Crippen LogP contribution is -2.37. The summed E-state index contributed by atoms with van der Waals surface area (Å²) >= 11 is 0. The molecule has 0 unspecified atom stereocenters. The van der Waals surface area contributed by atoms with Crippen molar-refractivity contribution in [2.45, 2.75) is 33.1 Å². The summed E-state index contributed by atoms with van der Waals surface area (Å²) in [7, 11) is -3.06. The highest BCUT2D eigenvalue weighted by molar-refractivity contribution is 7.89. The van der Waals surface area contributed by atoms with Crippen molar-refractivity contribution in [2.24, 2.45) is 5.73 Å². The van der Waals surface area contributed by atoms with Crippen LogP contribution in [0, 0.1) is 0 Å². The summed E-state index contributed by atoms with van der Waals surface area (Å²) < 4.78 is 25.0. The maximum Gasteiger partial charge on any atom is 0.214 e. The van der Waals surface area contributed by atoms with Gasteiger partial charge in [0.1, 0.15) is 0 Å². The van der Waals surface area contributed by atoms with Crippen LogP contribution in [0.25, 0.3) is 0 Å². The maximum atomic E-state index is 11.7. The first-order chi connectivity index (χ1) is 6.58. The lowest BCUT2D eigenvalue weighted by Gasteiger charge is -2.20. The van der Waals surface area contributed by atoms with E-state index < -0.39 is 10.0 Å². The number of hydrogen-bond donors (Lipinski definition) is 1. The molecule has 0 aromatic heterocycles. The van der Waals surface area contributed by atoms with E-state index in [1.165, 1.54) is 4.31 Å². The van der Waals surface area contributed by atoms with Crippen molar-refractivity contribution in [1.82, 2.24) is 4.31 Å². The van der Waals surface area contributed by atoms with Crippen molar-refractivity contribution in [1.29, 1.82) is 0 Å². The van der Waals surface area contributed by atoms with E-state index in [0.717, 1.165) is 19.3 Å². The first-order valence-corrected chi connectivity index (χ1v) is 6.87. The molecule has 0 aromatic rings. The Morgan fingerprint density at radius 3 is 2.21 bits per heavy atom. The van der Waals surface area contributed by atoms with Gasteiger partial charge in [0.2, 0.25) is 10.0 Å². The van der Waals surface area contributed by atoms with Crippen LogP contribution in [0.5, 0.6) is 0 Å². The third-order valence-electron chi connectivity index (χ3n) is 2.00. The Bertz CT molecular complexity index is 221. The SMILES string of the molecule is CCCCS(=O)(=O)N(CCC)CCN. The van der Waals surface area contributed by atoms with Crippen LogP contribution in [0.4, 0.5) is 0 Å². The predicted octanol–water partition coefficient (Wildman–Crippen LogP) is 0.787. The van der Waals surface area contributed by atoms with E-state index in [2.05, 4.69) is 0 Å². The van der Waals surface area contributed by atoms with E-state index in [-0.39, 0.29) is 5.75 Å². The fraction of sp³-hybridized carbons (Fsp3) is 1.00. The van der Waals surface area contributed by atoms with Crippen molar-refractivity contribution in [3.8, 4) is 0 Å². The van der Waals surface area contributed by atoms with Gasteiger partial charge in [-0.05, 0) is 12.8 Å². The van der Waals surface area contributed by atoms with Crippen LogP contribution in [0.1, 0.15) is 33.1 Å². The van der Waals surface area contributed by atoms with Crippen molar-refractivity contribution >= 4 is 10.0 Å². The molecule has 0 saturated carbocycles. The molecule has 0 rings (SSSR count). The van der Waals surface area contributed by atoms with Crippen LogP contribution in [0.15, 0.2) is 0 Å². The molecule has 0 aromatic carbocycles. The van der Waals surface area contributed by atoms with E-state index in [1.54, 1.807) is 0 Å². The van der Waals surface area contributed by atoms with Crippen molar-refractivity contribution in [3.05, 3.63) is 0 Å². The second-order valence-corrected chi connectivity index (χ2v) is 5.45. The molecule has 0 fully saturated rings. The van der Waals surface area contributed by atoms with Gasteiger partial charge in [0.25, 0.3) is 0 Å². The van der Waals surface area contributed by atoms with Gasteiger partial charge >= 0.3 is 0 Å². The van der Waals surface area contributed by atoms with Crippen LogP contribution in [-0.4, -0.2) is 38.1 Å². The smallest absolute Gasteiger partial charge is 0.214 e. The van der Waals surface area contributed by atoms with Gasteiger partial charge in [-0.15, -0.1) is 0 Å². The first-order valence-electron chi connectivity index (χ1n) is 5.26. The number of nitrogens with zero attached hydrogens (tertiary/aromatic N) is 1. The summed E-state index contributed by atoms with van der Waals surface area (Å²) in [5, 5.41) is 0. The largest absolute Gasteiger partial charge is 0.329 e. The Kier molecular flexibility index (Phi) is 7.13. The molecular formula is C9H22N2O2S. The number of hydrogen-bond acceptors (Lipinski definition) is 3. The van der Waals surface area contributed by atoms with Crippen molar-refractivity contribution in [2.75, 3.05) is 25.4 Å². The number of rotatable bonds is 8. The molecule has 2 N–H and O–H groups in total. The molecule has 0 aliphatic heterocycles. The number of sulfonamides is 1. The minimum atomic E-state index is -3.06. The van der Waals surface area contributed by atoms with Crippen LogP contribution < -0.4 is 5.73 Å². The highest BCUT2D eigenvalue weighted by Crippen LogP contribution is 2.05. The standard InChI is InChI=1S/C9H22N2O2S/c1-3-5-9-14(12,13)11(7-4-2)8-6-10/h3-10H2,1-2H3. The quantitative estimate of drug-likeness (QED) is 0.660.